The Morgan fingerprint density at radius 3 is 1.09 bits per heavy atom. The smallest absolute Gasteiger partial charge is 0.364 e. The topological polar surface area (TPSA) is 907 Å². The maximum absolute atomic E-state index is 13.1. The molecule has 0 radical (unpaired) electrons. The molecular formula is C77H132N2O54. The van der Waals surface area contributed by atoms with Gasteiger partial charge in [-0.3, -0.25) is 0 Å². The average molecular weight is 1950 g/mol. The Kier molecular flexibility index (Phi) is 38.9. The summed E-state index contributed by atoms with van der Waals surface area (Å²) in [5.74, 6) is -14.8. The zero-order valence-corrected chi connectivity index (χ0v) is 72.5. The minimum absolute atomic E-state index is 0.579. The van der Waals surface area contributed by atoms with Crippen molar-refractivity contribution in [2.24, 2.45) is 35.1 Å². The number of rotatable bonds is 37. The summed E-state index contributed by atoms with van der Waals surface area (Å²) in [7, 11) is 0. The lowest BCUT2D eigenvalue weighted by atomic mass is 9.88. The van der Waals surface area contributed by atoms with Gasteiger partial charge in [0.05, 0.1) is 134 Å². The van der Waals surface area contributed by atoms with Gasteiger partial charge in [0.15, 0.2) is 50.3 Å². The van der Waals surface area contributed by atoms with Crippen molar-refractivity contribution in [3.63, 3.8) is 0 Å². The van der Waals surface area contributed by atoms with Gasteiger partial charge < -0.3 is 269 Å². The van der Waals surface area contributed by atoms with Crippen LogP contribution in [-0.4, -0.2) is 561 Å². The fourth-order valence-corrected chi connectivity index (χ4v) is 18.0. The molecule has 0 aromatic heterocycles. The van der Waals surface area contributed by atoms with Crippen molar-refractivity contribution in [3.8, 4) is 0 Å². The maximum Gasteiger partial charge on any atom is 0.364 e. The summed E-state index contributed by atoms with van der Waals surface area (Å²) in [6.45, 7) is -4.37. The number of aliphatic carboxylic acids is 2. The van der Waals surface area contributed by atoms with Crippen LogP contribution >= 0.6 is 0 Å². The van der Waals surface area contributed by atoms with Gasteiger partial charge in [-0.1, -0.05) is 27.7 Å². The Labute approximate surface area is 756 Å². The van der Waals surface area contributed by atoms with Crippen LogP contribution < -0.4 is 11.5 Å². The second-order valence-corrected chi connectivity index (χ2v) is 35.6. The molecule has 0 spiro atoms. The van der Waals surface area contributed by atoms with Gasteiger partial charge in [0, 0.05) is 42.9 Å². The van der Waals surface area contributed by atoms with Crippen LogP contribution in [0, 0.1) is 23.7 Å². The van der Waals surface area contributed by atoms with Crippen LogP contribution in [0.1, 0.15) is 53.9 Å². The highest BCUT2D eigenvalue weighted by molar-refractivity contribution is 5.76. The summed E-state index contributed by atoms with van der Waals surface area (Å²) in [4.78, 5) is 25.9. The molecule has 0 aliphatic carbocycles. The highest BCUT2D eigenvalue weighted by atomic mass is 16.8. The minimum atomic E-state index is -3.17. The number of hydrogen-bond acceptors (Lipinski definition) is 54. The SMILES string of the molecule is CC1C(O)[C@H](O[C@@H]2OC(CO)[C@H](O)C(O[C@]3(C(=O)O)C[C@@H](O)[C@@H](N)C([C@H](O)[C@H](O)CO)O3)[C@@H]2O)[C@H](CO)O[C@H]1O[C@@H]1C(O)[C@H](O)C(CO)O[C@@H]1OCC1O[C@@H](O[C@@H]2C(CO)O[C@@H](O[C@@H]3C(CO)O[C@@H](C)C(C)[C@H]3O)C(C)[C@H]2O)C(O)C(O[C@H]2O[C@H](CO)[C@@H](O)C(O)C2O[C@@H]2OC(CO)[C@@H](O[C@@H]3OC(CO[C@]4(C(=O)O)C[C@@H](O)[C@@H](N)C([C@H](O)[C@H](O)CO)O4)[C@H](O)C[C@@H]3O)C(O)[C@@H]2C)[C@@H]1O. The van der Waals surface area contributed by atoms with E-state index in [1.54, 1.807) is 13.8 Å². The molecule has 11 aliphatic rings. The molecule has 11 fully saturated rings. The summed E-state index contributed by atoms with van der Waals surface area (Å²) in [5, 5.41) is 344. The molecule has 20 unspecified atom stereocenters. The molecule has 0 aromatic rings. The van der Waals surface area contributed by atoms with E-state index in [1.807, 2.05) is 0 Å². The molecule has 774 valence electrons. The van der Waals surface area contributed by atoms with Gasteiger partial charge in [0.1, 0.15) is 195 Å². The van der Waals surface area contributed by atoms with E-state index in [0.717, 1.165) is 0 Å². The molecule has 0 bridgehead atoms. The number of nitrogens with two attached hydrogens (primary N) is 2. The number of hydrogen-bond donors (Lipinski definition) is 33. The van der Waals surface area contributed by atoms with E-state index >= 15 is 0 Å². The van der Waals surface area contributed by atoms with E-state index < -0.39 is 446 Å². The van der Waals surface area contributed by atoms with Gasteiger partial charge in [-0.15, -0.1) is 0 Å². The van der Waals surface area contributed by atoms with E-state index in [9.17, 15) is 168 Å². The largest absolute Gasteiger partial charge is 0.477 e. The predicted molar refractivity (Wildman–Crippen MR) is 415 cm³/mol. The number of carboxylic acid groups (broad SMARTS) is 2. The Bertz CT molecular complexity index is 3570. The molecule has 11 aliphatic heterocycles. The van der Waals surface area contributed by atoms with Crippen molar-refractivity contribution >= 4 is 11.9 Å². The summed E-state index contributed by atoms with van der Waals surface area (Å²) < 4.78 is 126. The molecule has 35 N–H and O–H groups in total. The average Bonchev–Trinajstić information content (AvgIpc) is 0.755. The zero-order chi connectivity index (χ0) is 98.1. The second-order valence-electron chi connectivity index (χ2n) is 35.6. The van der Waals surface area contributed by atoms with Gasteiger partial charge in [-0.05, 0) is 6.92 Å². The lowest BCUT2D eigenvalue weighted by molar-refractivity contribution is -0.402. The molecular weight excluding hydrogens is 1820 g/mol. The highest BCUT2D eigenvalue weighted by Gasteiger charge is 2.64. The molecule has 56 nitrogen and oxygen atoms in total. The van der Waals surface area contributed by atoms with Crippen LogP contribution in [0.3, 0.4) is 0 Å². The van der Waals surface area contributed by atoms with Crippen molar-refractivity contribution in [2.75, 3.05) is 72.7 Å². The second kappa shape index (κ2) is 46.9. The molecule has 56 atom stereocenters. The van der Waals surface area contributed by atoms with Crippen molar-refractivity contribution in [1.82, 2.24) is 0 Å². The minimum Gasteiger partial charge on any atom is -0.477 e. The lowest BCUT2D eigenvalue weighted by Crippen LogP contribution is -2.70. The maximum atomic E-state index is 13.1. The van der Waals surface area contributed by atoms with Crippen molar-refractivity contribution in [3.05, 3.63) is 0 Å². The molecule has 11 heterocycles. The van der Waals surface area contributed by atoms with Crippen molar-refractivity contribution in [1.29, 1.82) is 0 Å². The van der Waals surface area contributed by atoms with Crippen molar-refractivity contribution < 1.29 is 267 Å². The Balaban J connectivity index is 0.835. The first-order valence-corrected chi connectivity index (χ1v) is 43.6. The van der Waals surface area contributed by atoms with Crippen LogP contribution in [-0.2, 0) is 109 Å². The van der Waals surface area contributed by atoms with Gasteiger partial charge in [0.2, 0.25) is 0 Å². The molecule has 0 aromatic carbocycles. The molecule has 11 saturated heterocycles. The number of aliphatic hydroxyl groups is 29. The number of aliphatic hydroxyl groups excluding tert-OH is 29. The van der Waals surface area contributed by atoms with Gasteiger partial charge in [-0.25, -0.2) is 9.59 Å². The summed E-state index contributed by atoms with van der Waals surface area (Å²) in [6.07, 6.45) is -95.5. The summed E-state index contributed by atoms with van der Waals surface area (Å²) in [5.41, 5.74) is 12.0. The van der Waals surface area contributed by atoms with Crippen LogP contribution in [0.15, 0.2) is 0 Å². The zero-order valence-electron chi connectivity index (χ0n) is 72.5. The molecule has 0 saturated carbocycles. The standard InChI is InChI=1S/C77H132N2O54/c1-20-24(5)115-34(14-85)56(42(20)95)124-66-21(2)44(97)58(36(16-87)119-66)126-70-54(107)62(128-73-65(53(106)49(102)32(12-83)118-73)130-68-22(3)43(96)57(35(15-86)120-68)125-69-26(90)6-25(89)38(122-69)19-114-76(74(109)110)7-27(91)40(78)60(131-76)46(99)29(93)9-80)51(104)39(123-70)18-113-72-64(52(105)48(101)31(11-82)117-72)129-67-23(4)45(98)59(37(17-88)121-67)127-71-55(108)63(50(103)33(13-84)116-71)133-77(75(111)112)8-28(92)41(79)61(132-77)47(100)30(94)10-81/h20-73,80-108H,6-19,78-79H2,1-5H3,(H,109,110)(H,111,112)/t20?,21?,22-,23?,24-,25+,26-,27+,28+,29+,30+,31?,32+,33?,34?,35?,36?,37-,38?,39?,40+,41+,42+,43?,44+,45?,46+,47+,48+,49+,50-,51+,52?,53?,54?,55-,56+,57+,58+,59+,60?,61?,62?,63?,64+,65?,66-,67-,68-,69-,70-,71-,72-,73+,76+,77-/m0/s1. The third-order valence-corrected chi connectivity index (χ3v) is 26.7. The third kappa shape index (κ3) is 23.2. The quantitative estimate of drug-likeness (QED) is 0.0275. The molecule has 11 rings (SSSR count). The van der Waals surface area contributed by atoms with Gasteiger partial charge in [0.25, 0.3) is 11.6 Å². The number of carboxylic acids is 2. The molecule has 0 amide bonds. The Hall–Kier alpha value is -3.14. The summed E-state index contributed by atoms with van der Waals surface area (Å²) >= 11 is 0. The first kappa shape index (κ1) is 110. The van der Waals surface area contributed by atoms with Crippen LogP contribution in [0.25, 0.3) is 0 Å². The van der Waals surface area contributed by atoms with Crippen molar-refractivity contribution in [2.45, 2.75) is 372 Å². The van der Waals surface area contributed by atoms with E-state index in [2.05, 4.69) is 0 Å². The predicted octanol–water partition coefficient (Wildman–Crippen LogP) is -19.4. The number of carbonyl (C=O) groups is 2. The van der Waals surface area contributed by atoms with Crippen LogP contribution in [0.2, 0.25) is 0 Å². The molecule has 133 heavy (non-hydrogen) atoms. The Morgan fingerprint density at radius 1 is 0.323 bits per heavy atom. The summed E-state index contributed by atoms with van der Waals surface area (Å²) in [6, 6.07) is -3.20. The first-order chi connectivity index (χ1) is 62.8. The van der Waals surface area contributed by atoms with E-state index in [0.29, 0.717) is 0 Å². The third-order valence-electron chi connectivity index (χ3n) is 26.7. The highest BCUT2D eigenvalue weighted by Crippen LogP contribution is 2.45. The van der Waals surface area contributed by atoms with Crippen LogP contribution in [0.4, 0.5) is 0 Å². The van der Waals surface area contributed by atoms with Gasteiger partial charge >= 0.3 is 11.9 Å². The van der Waals surface area contributed by atoms with E-state index in [-0.39, 0.29) is 0 Å². The fraction of sp³-hybridized carbons (Fsp3) is 0.974. The first-order valence-electron chi connectivity index (χ1n) is 43.6. The van der Waals surface area contributed by atoms with Gasteiger partial charge in [-0.2, -0.15) is 0 Å². The van der Waals surface area contributed by atoms with Crippen LogP contribution in [0.5, 0.6) is 0 Å². The number of ether oxygens (including phenoxy) is 21. The Morgan fingerprint density at radius 2 is 0.654 bits per heavy atom. The fourth-order valence-electron chi connectivity index (χ4n) is 18.0. The van der Waals surface area contributed by atoms with E-state index in [1.165, 1.54) is 20.8 Å². The lowest BCUT2D eigenvalue weighted by Gasteiger charge is -2.51. The normalized spacial score (nSPS) is 50.7. The monoisotopic (exact) mass is 1950 g/mol. The molecule has 56 heteroatoms. The van der Waals surface area contributed by atoms with E-state index in [4.69, 9.17) is 111 Å².